The molecule has 1 unspecified atom stereocenters. The summed E-state index contributed by atoms with van der Waals surface area (Å²) in [5.74, 6) is -1.87. The number of nitrogens with one attached hydrogen (secondary N) is 1. The van der Waals surface area contributed by atoms with Crippen LogP contribution < -0.4 is 5.32 Å². The van der Waals surface area contributed by atoms with Gasteiger partial charge in [0.2, 0.25) is 0 Å². The normalized spacial score (nSPS) is 11.9. The van der Waals surface area contributed by atoms with Crippen LogP contribution in [0.25, 0.3) is 0 Å². The molecule has 16 heavy (non-hydrogen) atoms. The van der Waals surface area contributed by atoms with Gasteiger partial charge in [0.05, 0.1) is 6.54 Å². The van der Waals surface area contributed by atoms with Gasteiger partial charge in [-0.2, -0.15) is 0 Å². The molecule has 0 radical (unpaired) electrons. The first-order chi connectivity index (χ1) is 7.50. The number of rotatable bonds is 4. The van der Waals surface area contributed by atoms with Gasteiger partial charge >= 0.3 is 5.97 Å². The molecule has 0 bridgehead atoms. The number of benzene rings is 1. The molecule has 0 heterocycles. The SMILES string of the molecule is O=C(NCC(O)C(=O)O)c1cccc(Cl)c1. The number of carbonyl (C=O) groups excluding carboxylic acids is 1. The van der Waals surface area contributed by atoms with E-state index in [-0.39, 0.29) is 6.54 Å². The standard InChI is InChI=1S/C10H10ClNO4/c11-7-3-1-2-6(4-7)9(14)12-5-8(13)10(15)16/h1-4,8,13H,5H2,(H,12,14)(H,15,16). The second kappa shape index (κ2) is 5.48. The summed E-state index contributed by atoms with van der Waals surface area (Å²) in [6.07, 6.45) is -1.61. The van der Waals surface area contributed by atoms with Crippen molar-refractivity contribution in [2.75, 3.05) is 6.54 Å². The van der Waals surface area contributed by atoms with Crippen LogP contribution in [0.4, 0.5) is 0 Å². The summed E-state index contributed by atoms with van der Waals surface area (Å²) >= 11 is 5.68. The number of aliphatic carboxylic acids is 1. The molecule has 86 valence electrons. The third kappa shape index (κ3) is 3.52. The van der Waals surface area contributed by atoms with Crippen LogP contribution in [-0.2, 0) is 4.79 Å². The summed E-state index contributed by atoms with van der Waals surface area (Å²) in [6.45, 7) is -0.347. The van der Waals surface area contributed by atoms with E-state index >= 15 is 0 Å². The summed E-state index contributed by atoms with van der Waals surface area (Å²) < 4.78 is 0. The number of amides is 1. The number of aliphatic hydroxyl groups is 1. The third-order valence-electron chi connectivity index (χ3n) is 1.83. The van der Waals surface area contributed by atoms with Crippen LogP contribution in [-0.4, -0.2) is 34.7 Å². The van der Waals surface area contributed by atoms with E-state index in [1.807, 2.05) is 0 Å². The maximum absolute atomic E-state index is 11.5. The van der Waals surface area contributed by atoms with E-state index in [1.54, 1.807) is 12.1 Å². The Hall–Kier alpha value is -1.59. The fraction of sp³-hybridized carbons (Fsp3) is 0.200. The molecular weight excluding hydrogens is 234 g/mol. The predicted octanol–water partition coefficient (Wildman–Crippen LogP) is 0.515. The van der Waals surface area contributed by atoms with Crippen molar-refractivity contribution >= 4 is 23.5 Å². The van der Waals surface area contributed by atoms with E-state index in [0.29, 0.717) is 10.6 Å². The molecule has 5 nitrogen and oxygen atoms in total. The minimum Gasteiger partial charge on any atom is -0.479 e. The average Bonchev–Trinajstić information content (AvgIpc) is 2.25. The van der Waals surface area contributed by atoms with Gasteiger partial charge < -0.3 is 15.5 Å². The average molecular weight is 244 g/mol. The molecule has 6 heteroatoms. The molecule has 0 aliphatic rings. The van der Waals surface area contributed by atoms with Gasteiger partial charge in [-0.25, -0.2) is 4.79 Å². The van der Waals surface area contributed by atoms with E-state index < -0.39 is 18.0 Å². The summed E-state index contributed by atoms with van der Waals surface area (Å²) in [5, 5.41) is 20.0. The highest BCUT2D eigenvalue weighted by atomic mass is 35.5. The number of carboxylic acid groups (broad SMARTS) is 1. The predicted molar refractivity (Wildman–Crippen MR) is 57.4 cm³/mol. The van der Waals surface area contributed by atoms with Crippen molar-refractivity contribution in [1.29, 1.82) is 0 Å². The van der Waals surface area contributed by atoms with Crippen molar-refractivity contribution in [3.8, 4) is 0 Å². The van der Waals surface area contributed by atoms with Crippen molar-refractivity contribution in [3.63, 3.8) is 0 Å². The van der Waals surface area contributed by atoms with Crippen LogP contribution in [0.5, 0.6) is 0 Å². The van der Waals surface area contributed by atoms with Crippen molar-refractivity contribution in [2.45, 2.75) is 6.10 Å². The highest BCUT2D eigenvalue weighted by Crippen LogP contribution is 2.10. The third-order valence-corrected chi connectivity index (χ3v) is 2.06. The van der Waals surface area contributed by atoms with Crippen molar-refractivity contribution < 1.29 is 19.8 Å². The quantitative estimate of drug-likeness (QED) is 0.719. The molecule has 0 spiro atoms. The highest BCUT2D eigenvalue weighted by Gasteiger charge is 2.14. The number of carbonyl (C=O) groups is 2. The molecule has 3 N–H and O–H groups in total. The van der Waals surface area contributed by atoms with Gasteiger partial charge in [-0.1, -0.05) is 17.7 Å². The first-order valence-electron chi connectivity index (χ1n) is 4.45. The summed E-state index contributed by atoms with van der Waals surface area (Å²) in [6, 6.07) is 6.20. The Morgan fingerprint density at radius 1 is 1.44 bits per heavy atom. The van der Waals surface area contributed by atoms with E-state index in [1.165, 1.54) is 12.1 Å². The van der Waals surface area contributed by atoms with Gasteiger partial charge in [0.1, 0.15) is 0 Å². The molecule has 1 aromatic rings. The second-order valence-electron chi connectivity index (χ2n) is 3.07. The molecule has 0 aromatic heterocycles. The largest absolute Gasteiger partial charge is 0.479 e. The van der Waals surface area contributed by atoms with Crippen LogP contribution in [0, 0.1) is 0 Å². The first kappa shape index (κ1) is 12.5. The summed E-state index contributed by atoms with van der Waals surface area (Å²) in [7, 11) is 0. The Morgan fingerprint density at radius 3 is 2.69 bits per heavy atom. The van der Waals surface area contributed by atoms with Gasteiger partial charge in [0, 0.05) is 10.6 Å². The molecule has 0 aliphatic carbocycles. The molecule has 1 amide bonds. The zero-order chi connectivity index (χ0) is 12.1. The zero-order valence-electron chi connectivity index (χ0n) is 8.18. The Balaban J connectivity index is 2.56. The topological polar surface area (TPSA) is 86.6 Å². The smallest absolute Gasteiger partial charge is 0.334 e. The maximum Gasteiger partial charge on any atom is 0.334 e. The van der Waals surface area contributed by atoms with Gasteiger partial charge in [-0.05, 0) is 18.2 Å². The molecule has 0 saturated heterocycles. The molecule has 1 rings (SSSR count). The number of carboxylic acids is 1. The van der Waals surface area contributed by atoms with E-state index in [2.05, 4.69) is 5.32 Å². The van der Waals surface area contributed by atoms with Crippen LogP contribution in [0.15, 0.2) is 24.3 Å². The number of aliphatic hydroxyl groups excluding tert-OH is 1. The number of hydrogen-bond acceptors (Lipinski definition) is 3. The van der Waals surface area contributed by atoms with Gasteiger partial charge in [-0.15, -0.1) is 0 Å². The zero-order valence-corrected chi connectivity index (χ0v) is 8.94. The van der Waals surface area contributed by atoms with Gasteiger partial charge in [0.15, 0.2) is 6.10 Å². The minimum atomic E-state index is -1.61. The van der Waals surface area contributed by atoms with Gasteiger partial charge in [-0.3, -0.25) is 4.79 Å². The van der Waals surface area contributed by atoms with Crippen LogP contribution in [0.3, 0.4) is 0 Å². The number of halogens is 1. The monoisotopic (exact) mass is 243 g/mol. The van der Waals surface area contributed by atoms with E-state index in [9.17, 15) is 9.59 Å². The molecule has 0 aliphatic heterocycles. The summed E-state index contributed by atoms with van der Waals surface area (Å²) in [4.78, 5) is 21.7. The van der Waals surface area contributed by atoms with E-state index in [0.717, 1.165) is 0 Å². The van der Waals surface area contributed by atoms with Crippen LogP contribution in [0.2, 0.25) is 5.02 Å². The fourth-order valence-corrected chi connectivity index (χ4v) is 1.20. The van der Waals surface area contributed by atoms with Crippen molar-refractivity contribution in [3.05, 3.63) is 34.9 Å². The van der Waals surface area contributed by atoms with Crippen LogP contribution in [0.1, 0.15) is 10.4 Å². The second-order valence-corrected chi connectivity index (χ2v) is 3.51. The summed E-state index contributed by atoms with van der Waals surface area (Å²) in [5.41, 5.74) is 0.310. The lowest BCUT2D eigenvalue weighted by Gasteiger charge is -2.07. The molecule has 1 atom stereocenters. The van der Waals surface area contributed by atoms with Crippen LogP contribution >= 0.6 is 11.6 Å². The maximum atomic E-state index is 11.5. The molecule has 1 aromatic carbocycles. The highest BCUT2D eigenvalue weighted by molar-refractivity contribution is 6.30. The van der Waals surface area contributed by atoms with Crippen molar-refractivity contribution in [2.24, 2.45) is 0 Å². The van der Waals surface area contributed by atoms with Crippen molar-refractivity contribution in [1.82, 2.24) is 5.32 Å². The minimum absolute atomic E-state index is 0.310. The molecule has 0 fully saturated rings. The number of hydrogen-bond donors (Lipinski definition) is 3. The first-order valence-corrected chi connectivity index (χ1v) is 4.83. The Morgan fingerprint density at radius 2 is 2.12 bits per heavy atom. The molecular formula is C10H10ClNO4. The lowest BCUT2D eigenvalue weighted by Crippen LogP contribution is -2.36. The molecule has 0 saturated carbocycles. The Bertz CT molecular complexity index is 408. The van der Waals surface area contributed by atoms with E-state index in [4.69, 9.17) is 21.8 Å². The lowest BCUT2D eigenvalue weighted by atomic mass is 10.2. The fourth-order valence-electron chi connectivity index (χ4n) is 1.01. The van der Waals surface area contributed by atoms with Gasteiger partial charge in [0.25, 0.3) is 5.91 Å². The lowest BCUT2D eigenvalue weighted by molar-refractivity contribution is -0.146. The Labute approximate surface area is 96.7 Å². The Kier molecular flexibility index (Phi) is 4.28.